The quantitative estimate of drug-likeness (QED) is 0.642. The van der Waals surface area contributed by atoms with E-state index in [0.29, 0.717) is 47.5 Å². The van der Waals surface area contributed by atoms with Crippen molar-refractivity contribution >= 4 is 17.7 Å². The Morgan fingerprint density at radius 1 is 0.893 bits per heavy atom. The van der Waals surface area contributed by atoms with Crippen LogP contribution in [0, 0.1) is 0 Å². The first-order valence-corrected chi connectivity index (χ1v) is 9.13. The molecule has 0 aromatic heterocycles. The normalized spacial score (nSPS) is 11.0. The van der Waals surface area contributed by atoms with Gasteiger partial charge < -0.3 is 24.3 Å². The summed E-state index contributed by atoms with van der Waals surface area (Å²) in [4.78, 5) is 12.6. The number of anilines is 1. The summed E-state index contributed by atoms with van der Waals surface area (Å²) in [7, 11) is 3.16. The highest BCUT2D eigenvalue weighted by Gasteiger charge is 2.10. The first-order valence-electron chi connectivity index (χ1n) is 9.13. The molecule has 2 rings (SSSR count). The van der Waals surface area contributed by atoms with E-state index in [2.05, 4.69) is 5.32 Å². The molecule has 150 valence electrons. The first-order chi connectivity index (χ1) is 13.5. The Labute approximate surface area is 166 Å². The van der Waals surface area contributed by atoms with Crippen LogP contribution < -0.4 is 24.3 Å². The number of amides is 1. The van der Waals surface area contributed by atoms with Gasteiger partial charge in [-0.3, -0.25) is 4.79 Å². The van der Waals surface area contributed by atoms with Crippen LogP contribution in [0.5, 0.6) is 23.0 Å². The molecule has 1 amide bonds. The third-order valence-electron chi connectivity index (χ3n) is 3.95. The number of benzene rings is 2. The van der Waals surface area contributed by atoms with E-state index in [1.54, 1.807) is 51.5 Å². The van der Waals surface area contributed by atoms with Crippen LogP contribution in [0.15, 0.2) is 42.0 Å². The van der Waals surface area contributed by atoms with Crippen LogP contribution >= 0.6 is 0 Å². The lowest BCUT2D eigenvalue weighted by Gasteiger charge is -2.13. The Balaban J connectivity index is 2.17. The number of nitrogens with one attached hydrogen (secondary N) is 1. The lowest BCUT2D eigenvalue weighted by Crippen LogP contribution is -2.12. The highest BCUT2D eigenvalue weighted by atomic mass is 16.5. The number of rotatable bonds is 9. The molecule has 0 saturated carbocycles. The fraction of sp³-hybridized carbons (Fsp3) is 0.318. The van der Waals surface area contributed by atoms with Gasteiger partial charge in [0, 0.05) is 17.3 Å². The van der Waals surface area contributed by atoms with Gasteiger partial charge in [0.05, 0.1) is 27.4 Å². The van der Waals surface area contributed by atoms with Gasteiger partial charge >= 0.3 is 0 Å². The van der Waals surface area contributed by atoms with Crippen LogP contribution in [0.25, 0.3) is 6.08 Å². The van der Waals surface area contributed by atoms with Gasteiger partial charge in [-0.05, 0) is 56.7 Å². The Morgan fingerprint density at radius 2 is 1.54 bits per heavy atom. The van der Waals surface area contributed by atoms with Crippen molar-refractivity contribution < 1.29 is 23.7 Å². The van der Waals surface area contributed by atoms with Crippen molar-refractivity contribution in [2.45, 2.75) is 20.8 Å². The van der Waals surface area contributed by atoms with Crippen LogP contribution in [0.1, 0.15) is 26.3 Å². The Bertz CT molecular complexity index is 845. The largest absolute Gasteiger partial charge is 0.493 e. The van der Waals surface area contributed by atoms with Gasteiger partial charge in [-0.25, -0.2) is 0 Å². The molecular formula is C22H27NO5. The number of carbonyl (C=O) groups is 1. The van der Waals surface area contributed by atoms with Crippen molar-refractivity contribution in [1.82, 2.24) is 0 Å². The predicted octanol–water partition coefficient (Wildman–Crippen LogP) is 4.54. The zero-order chi connectivity index (χ0) is 20.5. The van der Waals surface area contributed by atoms with Crippen molar-refractivity contribution in [1.29, 1.82) is 0 Å². The third kappa shape index (κ3) is 5.42. The average molecular weight is 385 g/mol. The van der Waals surface area contributed by atoms with Crippen LogP contribution in [0.4, 0.5) is 5.69 Å². The molecule has 2 aromatic rings. The summed E-state index contributed by atoms with van der Waals surface area (Å²) in [6.45, 7) is 6.61. The van der Waals surface area contributed by atoms with Gasteiger partial charge in [0.1, 0.15) is 0 Å². The number of ether oxygens (including phenoxy) is 4. The summed E-state index contributed by atoms with van der Waals surface area (Å²) in [6.07, 6.45) is 1.79. The van der Waals surface area contributed by atoms with Crippen LogP contribution in [0.3, 0.4) is 0 Å². The molecule has 0 spiro atoms. The maximum Gasteiger partial charge on any atom is 0.251 e. The molecule has 0 bridgehead atoms. The van der Waals surface area contributed by atoms with Gasteiger partial charge in [-0.2, -0.15) is 0 Å². The summed E-state index contributed by atoms with van der Waals surface area (Å²) in [5, 5.41) is 2.88. The third-order valence-corrected chi connectivity index (χ3v) is 3.95. The minimum Gasteiger partial charge on any atom is -0.493 e. The average Bonchev–Trinajstić information content (AvgIpc) is 2.70. The molecule has 0 heterocycles. The van der Waals surface area contributed by atoms with Crippen molar-refractivity contribution in [2.24, 2.45) is 0 Å². The second kappa shape index (κ2) is 10.3. The molecule has 28 heavy (non-hydrogen) atoms. The van der Waals surface area contributed by atoms with Crippen LogP contribution in [0.2, 0.25) is 0 Å². The second-order valence-corrected chi connectivity index (χ2v) is 5.92. The molecule has 0 radical (unpaired) electrons. The van der Waals surface area contributed by atoms with Crippen molar-refractivity contribution in [3.05, 3.63) is 47.5 Å². The molecule has 0 aliphatic carbocycles. The summed E-state index contributed by atoms with van der Waals surface area (Å²) in [5.74, 6) is 2.29. The van der Waals surface area contributed by atoms with Crippen molar-refractivity contribution in [3.63, 3.8) is 0 Å². The fourth-order valence-corrected chi connectivity index (χ4v) is 2.62. The van der Waals surface area contributed by atoms with Gasteiger partial charge in [0.15, 0.2) is 23.0 Å². The zero-order valence-electron chi connectivity index (χ0n) is 17.0. The molecule has 2 aromatic carbocycles. The lowest BCUT2D eigenvalue weighted by atomic mass is 10.1. The van der Waals surface area contributed by atoms with Gasteiger partial charge in [0.2, 0.25) is 0 Å². The molecule has 0 atom stereocenters. The number of methoxy groups -OCH3 is 2. The van der Waals surface area contributed by atoms with E-state index < -0.39 is 0 Å². The molecule has 0 fully saturated rings. The van der Waals surface area contributed by atoms with E-state index in [4.69, 9.17) is 18.9 Å². The highest BCUT2D eigenvalue weighted by molar-refractivity contribution is 6.06. The predicted molar refractivity (Wildman–Crippen MR) is 111 cm³/mol. The van der Waals surface area contributed by atoms with E-state index in [0.717, 1.165) is 5.56 Å². The summed E-state index contributed by atoms with van der Waals surface area (Å²) < 4.78 is 21.7. The SMILES string of the molecule is CCOc1ccc(NC(=O)/C(C)=C/c2ccc(OC)c(OC)c2)cc1OCC. The van der Waals surface area contributed by atoms with E-state index in [1.807, 2.05) is 26.0 Å². The molecule has 0 aliphatic rings. The maximum atomic E-state index is 12.6. The lowest BCUT2D eigenvalue weighted by molar-refractivity contribution is -0.112. The molecule has 1 N–H and O–H groups in total. The number of hydrogen-bond donors (Lipinski definition) is 1. The van der Waals surface area contributed by atoms with Gasteiger partial charge in [-0.15, -0.1) is 0 Å². The van der Waals surface area contributed by atoms with Crippen LogP contribution in [-0.2, 0) is 4.79 Å². The standard InChI is InChI=1S/C22H27NO5/c1-6-27-19-11-9-17(14-21(19)28-7-2)23-22(24)15(3)12-16-8-10-18(25-4)20(13-16)26-5/h8-14H,6-7H2,1-5H3,(H,23,24)/b15-12+. The molecule has 6 heteroatoms. The molecule has 6 nitrogen and oxygen atoms in total. The van der Waals surface area contributed by atoms with Crippen molar-refractivity contribution in [3.8, 4) is 23.0 Å². The Hall–Kier alpha value is -3.15. The Kier molecular flexibility index (Phi) is 7.75. The molecule has 0 aliphatic heterocycles. The van der Waals surface area contributed by atoms with E-state index in [1.165, 1.54) is 0 Å². The van der Waals surface area contributed by atoms with Crippen LogP contribution in [-0.4, -0.2) is 33.3 Å². The smallest absolute Gasteiger partial charge is 0.251 e. The van der Waals surface area contributed by atoms with Gasteiger partial charge in [-0.1, -0.05) is 6.07 Å². The minimum absolute atomic E-state index is 0.207. The summed E-state index contributed by atoms with van der Waals surface area (Å²) >= 11 is 0. The number of hydrogen-bond acceptors (Lipinski definition) is 5. The molecule has 0 unspecified atom stereocenters. The summed E-state index contributed by atoms with van der Waals surface area (Å²) in [5.41, 5.74) is 2.03. The summed E-state index contributed by atoms with van der Waals surface area (Å²) in [6, 6.07) is 10.8. The highest BCUT2D eigenvalue weighted by Crippen LogP contribution is 2.31. The monoisotopic (exact) mass is 385 g/mol. The Morgan fingerprint density at radius 3 is 2.18 bits per heavy atom. The van der Waals surface area contributed by atoms with Crippen molar-refractivity contribution in [2.75, 3.05) is 32.8 Å². The molecular weight excluding hydrogens is 358 g/mol. The second-order valence-electron chi connectivity index (χ2n) is 5.92. The maximum absolute atomic E-state index is 12.6. The van der Waals surface area contributed by atoms with E-state index in [9.17, 15) is 4.79 Å². The molecule has 0 saturated heterocycles. The first kappa shape index (κ1) is 21.2. The topological polar surface area (TPSA) is 66.0 Å². The number of carbonyl (C=O) groups excluding carboxylic acids is 1. The minimum atomic E-state index is -0.207. The fourth-order valence-electron chi connectivity index (χ4n) is 2.62. The van der Waals surface area contributed by atoms with E-state index in [-0.39, 0.29) is 5.91 Å². The zero-order valence-corrected chi connectivity index (χ0v) is 17.0. The van der Waals surface area contributed by atoms with Gasteiger partial charge in [0.25, 0.3) is 5.91 Å². The van der Waals surface area contributed by atoms with E-state index >= 15 is 0 Å².